The van der Waals surface area contributed by atoms with E-state index in [1.807, 2.05) is 0 Å². The molecule has 0 aliphatic carbocycles. The summed E-state index contributed by atoms with van der Waals surface area (Å²) in [6.45, 7) is 0. The standard InChI is InChI=1S/C12H8BrClFNO3S/c13-9-5-10(14)12(6-11(9)15)19-7-1-3-8(4-2-7)20(16,17)18/h1-6H,(H2,16,17,18). The highest BCUT2D eigenvalue weighted by Gasteiger charge is 2.11. The number of hydrogen-bond donors (Lipinski definition) is 1. The maximum absolute atomic E-state index is 13.4. The van der Waals surface area contributed by atoms with Crippen molar-refractivity contribution in [1.82, 2.24) is 0 Å². The van der Waals surface area contributed by atoms with Crippen molar-refractivity contribution in [3.63, 3.8) is 0 Å². The molecule has 0 unspecified atom stereocenters. The second kappa shape index (κ2) is 5.69. The van der Waals surface area contributed by atoms with Crippen molar-refractivity contribution in [2.45, 2.75) is 4.90 Å². The molecule has 8 heteroatoms. The van der Waals surface area contributed by atoms with Gasteiger partial charge in [0.15, 0.2) is 0 Å². The Hall–Kier alpha value is -1.15. The second-order valence-electron chi connectivity index (χ2n) is 3.82. The van der Waals surface area contributed by atoms with Crippen molar-refractivity contribution >= 4 is 37.6 Å². The lowest BCUT2D eigenvalue weighted by Gasteiger charge is -2.09. The zero-order chi connectivity index (χ0) is 14.9. The molecule has 2 N–H and O–H groups in total. The number of sulfonamides is 1. The van der Waals surface area contributed by atoms with Crippen molar-refractivity contribution in [3.8, 4) is 11.5 Å². The van der Waals surface area contributed by atoms with Gasteiger partial charge in [-0.1, -0.05) is 11.6 Å². The molecule has 0 radical (unpaired) electrons. The molecule has 0 aromatic heterocycles. The summed E-state index contributed by atoms with van der Waals surface area (Å²) in [6.07, 6.45) is 0. The molecule has 2 rings (SSSR count). The van der Waals surface area contributed by atoms with Crippen LogP contribution in [0.2, 0.25) is 5.02 Å². The van der Waals surface area contributed by atoms with Crippen molar-refractivity contribution in [2.24, 2.45) is 5.14 Å². The molecule has 2 aromatic rings. The molecule has 106 valence electrons. The minimum absolute atomic E-state index is 0.0436. The lowest BCUT2D eigenvalue weighted by Crippen LogP contribution is -2.11. The number of rotatable bonds is 3. The predicted molar refractivity (Wildman–Crippen MR) is 77.0 cm³/mol. The molecule has 0 atom stereocenters. The number of benzene rings is 2. The summed E-state index contributed by atoms with van der Waals surface area (Å²) in [4.78, 5) is -0.0436. The predicted octanol–water partition coefficient (Wildman–Crippen LogP) is 3.68. The van der Waals surface area contributed by atoms with Crippen LogP contribution in [0.3, 0.4) is 0 Å². The van der Waals surface area contributed by atoms with Gasteiger partial charge in [0.2, 0.25) is 10.0 Å². The Morgan fingerprint density at radius 3 is 2.35 bits per heavy atom. The van der Waals surface area contributed by atoms with Crippen LogP contribution in [0.25, 0.3) is 0 Å². The minimum Gasteiger partial charge on any atom is -0.456 e. The maximum atomic E-state index is 13.4. The van der Waals surface area contributed by atoms with Gasteiger partial charge in [0.05, 0.1) is 14.4 Å². The molecular weight excluding hydrogens is 373 g/mol. The molecule has 0 saturated carbocycles. The third kappa shape index (κ3) is 3.49. The number of primary sulfonamides is 1. The van der Waals surface area contributed by atoms with Crippen LogP contribution in [-0.2, 0) is 10.0 Å². The third-order valence-corrected chi connectivity index (χ3v) is 4.19. The molecule has 0 amide bonds. The summed E-state index contributed by atoms with van der Waals surface area (Å²) in [7, 11) is -3.76. The fourth-order valence-corrected chi connectivity index (χ4v) is 2.60. The van der Waals surface area contributed by atoms with Gasteiger partial charge in [0.25, 0.3) is 0 Å². The van der Waals surface area contributed by atoms with E-state index < -0.39 is 15.8 Å². The Labute approximate surface area is 128 Å². The Kier molecular flexibility index (Phi) is 4.33. The summed E-state index contributed by atoms with van der Waals surface area (Å²) in [6, 6.07) is 7.86. The van der Waals surface area contributed by atoms with E-state index in [2.05, 4.69) is 15.9 Å². The van der Waals surface area contributed by atoms with Gasteiger partial charge in [-0.25, -0.2) is 17.9 Å². The molecule has 0 bridgehead atoms. The van der Waals surface area contributed by atoms with Gasteiger partial charge in [-0.05, 0) is 46.3 Å². The molecule has 0 spiro atoms. The Balaban J connectivity index is 2.29. The van der Waals surface area contributed by atoms with Crippen LogP contribution in [0.4, 0.5) is 4.39 Å². The van der Waals surface area contributed by atoms with Gasteiger partial charge in [-0.2, -0.15) is 0 Å². The largest absolute Gasteiger partial charge is 0.456 e. The van der Waals surface area contributed by atoms with Crippen LogP contribution in [0.1, 0.15) is 0 Å². The van der Waals surface area contributed by atoms with E-state index >= 15 is 0 Å². The molecule has 0 saturated heterocycles. The lowest BCUT2D eigenvalue weighted by molar-refractivity contribution is 0.476. The number of halogens is 3. The Bertz CT molecular complexity index is 750. The van der Waals surface area contributed by atoms with Crippen molar-refractivity contribution < 1.29 is 17.5 Å². The Morgan fingerprint density at radius 2 is 1.80 bits per heavy atom. The average molecular weight is 381 g/mol. The fourth-order valence-electron chi connectivity index (χ4n) is 1.41. The summed E-state index contributed by atoms with van der Waals surface area (Å²) in [5, 5.41) is 5.19. The van der Waals surface area contributed by atoms with Crippen molar-refractivity contribution in [1.29, 1.82) is 0 Å². The summed E-state index contributed by atoms with van der Waals surface area (Å²) >= 11 is 8.92. The van der Waals surface area contributed by atoms with Crippen molar-refractivity contribution in [2.75, 3.05) is 0 Å². The monoisotopic (exact) mass is 379 g/mol. The third-order valence-electron chi connectivity index (χ3n) is 2.35. The first-order chi connectivity index (χ1) is 9.27. The van der Waals surface area contributed by atoms with Crippen molar-refractivity contribution in [3.05, 3.63) is 51.7 Å². The highest BCUT2D eigenvalue weighted by molar-refractivity contribution is 9.10. The molecule has 20 heavy (non-hydrogen) atoms. The van der Waals surface area contributed by atoms with E-state index in [1.54, 1.807) is 0 Å². The summed E-state index contributed by atoms with van der Waals surface area (Å²) in [5.74, 6) is -0.0951. The van der Waals surface area contributed by atoms with E-state index in [0.717, 1.165) is 6.07 Å². The van der Waals surface area contributed by atoms with E-state index in [9.17, 15) is 12.8 Å². The van der Waals surface area contributed by atoms with Crippen LogP contribution in [0, 0.1) is 5.82 Å². The lowest BCUT2D eigenvalue weighted by atomic mass is 10.3. The quantitative estimate of drug-likeness (QED) is 0.826. The molecule has 4 nitrogen and oxygen atoms in total. The van der Waals surface area contributed by atoms with E-state index in [4.69, 9.17) is 21.5 Å². The Morgan fingerprint density at radius 1 is 1.20 bits per heavy atom. The van der Waals surface area contributed by atoms with E-state index in [0.29, 0.717) is 5.75 Å². The van der Waals surface area contributed by atoms with Crippen LogP contribution < -0.4 is 9.88 Å². The van der Waals surface area contributed by atoms with Gasteiger partial charge in [0, 0.05) is 6.07 Å². The van der Waals surface area contributed by atoms with Crippen LogP contribution in [0.5, 0.6) is 11.5 Å². The molecule has 0 heterocycles. The zero-order valence-corrected chi connectivity index (χ0v) is 13.0. The van der Waals surface area contributed by atoms with Crippen LogP contribution >= 0.6 is 27.5 Å². The molecular formula is C12H8BrClFNO3S. The first-order valence-corrected chi connectivity index (χ1v) is 7.94. The SMILES string of the molecule is NS(=O)(=O)c1ccc(Oc2cc(F)c(Br)cc2Cl)cc1. The van der Waals surface area contributed by atoms with Crippen LogP contribution in [-0.4, -0.2) is 8.42 Å². The van der Waals surface area contributed by atoms with Gasteiger partial charge in [0.1, 0.15) is 17.3 Å². The molecule has 0 aliphatic rings. The number of ether oxygens (including phenoxy) is 1. The topological polar surface area (TPSA) is 69.4 Å². The highest BCUT2D eigenvalue weighted by atomic mass is 79.9. The van der Waals surface area contributed by atoms with Gasteiger partial charge in [-0.3, -0.25) is 0 Å². The fraction of sp³-hybridized carbons (Fsp3) is 0. The normalized spacial score (nSPS) is 11.4. The minimum atomic E-state index is -3.76. The number of hydrogen-bond acceptors (Lipinski definition) is 3. The maximum Gasteiger partial charge on any atom is 0.238 e. The summed E-state index contributed by atoms with van der Waals surface area (Å²) in [5.41, 5.74) is 0. The first-order valence-electron chi connectivity index (χ1n) is 5.22. The van der Waals surface area contributed by atoms with E-state index in [1.165, 1.54) is 30.3 Å². The first kappa shape index (κ1) is 15.2. The number of nitrogens with two attached hydrogens (primary N) is 1. The zero-order valence-electron chi connectivity index (χ0n) is 9.81. The van der Waals surface area contributed by atoms with Gasteiger partial charge in [-0.15, -0.1) is 0 Å². The molecule has 2 aromatic carbocycles. The van der Waals surface area contributed by atoms with Crippen LogP contribution in [0.15, 0.2) is 45.8 Å². The smallest absolute Gasteiger partial charge is 0.238 e. The average Bonchev–Trinajstić information content (AvgIpc) is 2.35. The van der Waals surface area contributed by atoms with Gasteiger partial charge < -0.3 is 4.74 Å². The summed E-state index contributed by atoms with van der Waals surface area (Å²) < 4.78 is 41.2. The second-order valence-corrected chi connectivity index (χ2v) is 6.64. The highest BCUT2D eigenvalue weighted by Crippen LogP contribution is 2.33. The van der Waals surface area contributed by atoms with E-state index in [-0.39, 0.29) is 20.1 Å². The van der Waals surface area contributed by atoms with Gasteiger partial charge >= 0.3 is 0 Å². The molecule has 0 aliphatic heterocycles. The molecule has 0 fully saturated rings.